The Morgan fingerprint density at radius 3 is 1.40 bits per heavy atom. The van der Waals surface area contributed by atoms with E-state index in [2.05, 4.69) is 71.0 Å². The van der Waals surface area contributed by atoms with E-state index in [1.807, 2.05) is 0 Å². The van der Waals surface area contributed by atoms with Crippen LogP contribution < -0.4 is 10.6 Å². The Labute approximate surface area is 156 Å². The molecule has 1 heteroatoms. The lowest BCUT2D eigenvalue weighted by atomic mass is 10.0. The van der Waals surface area contributed by atoms with Gasteiger partial charge in [0.05, 0.1) is 0 Å². The molecule has 0 aliphatic heterocycles. The normalized spacial score (nSPS) is 11.3. The van der Waals surface area contributed by atoms with E-state index in [9.17, 15) is 0 Å². The van der Waals surface area contributed by atoms with Crippen molar-refractivity contribution in [1.82, 2.24) is 0 Å². The molecule has 0 aliphatic carbocycles. The molecule has 0 atom stereocenters. The van der Waals surface area contributed by atoms with E-state index in [0.29, 0.717) is 0 Å². The standard InChI is InChI=1S/C24H35P/c1-6-11-16-25(23-14-12-19(7-2)21(9-4)17-23)24-15-13-20(8-3)22(10-5)18-24/h12-15,17-18H,6-11,16H2,1-5H3. The van der Waals surface area contributed by atoms with Crippen LogP contribution in [-0.2, 0) is 25.7 Å². The first kappa shape index (κ1) is 20.2. The van der Waals surface area contributed by atoms with Crippen LogP contribution in [0.2, 0.25) is 0 Å². The second-order valence-electron chi connectivity index (χ2n) is 6.83. The van der Waals surface area contributed by atoms with E-state index in [1.165, 1.54) is 30.1 Å². The van der Waals surface area contributed by atoms with E-state index in [-0.39, 0.29) is 7.92 Å². The van der Waals surface area contributed by atoms with Crippen LogP contribution in [-0.4, -0.2) is 6.16 Å². The Balaban J connectivity index is 2.46. The predicted molar refractivity (Wildman–Crippen MR) is 116 cm³/mol. The second-order valence-corrected chi connectivity index (χ2v) is 9.16. The maximum Gasteiger partial charge on any atom is -0.0192 e. The molecule has 0 radical (unpaired) electrons. The van der Waals surface area contributed by atoms with E-state index in [4.69, 9.17) is 0 Å². The molecular formula is C24H35P. The van der Waals surface area contributed by atoms with Gasteiger partial charge in [-0.2, -0.15) is 0 Å². The highest BCUT2D eigenvalue weighted by atomic mass is 31.1. The Morgan fingerprint density at radius 2 is 1.04 bits per heavy atom. The zero-order valence-electron chi connectivity index (χ0n) is 16.9. The zero-order chi connectivity index (χ0) is 18.2. The van der Waals surface area contributed by atoms with Crippen molar-refractivity contribution >= 4 is 18.5 Å². The fraction of sp³-hybridized carbons (Fsp3) is 0.500. The van der Waals surface area contributed by atoms with Gasteiger partial charge in [0.2, 0.25) is 0 Å². The molecule has 0 aliphatic rings. The van der Waals surface area contributed by atoms with Crippen molar-refractivity contribution in [1.29, 1.82) is 0 Å². The SMILES string of the molecule is CCCCP(c1ccc(CC)c(CC)c1)c1ccc(CC)c(CC)c1. The van der Waals surface area contributed by atoms with Crippen LogP contribution in [0, 0.1) is 0 Å². The number of rotatable bonds is 9. The van der Waals surface area contributed by atoms with Gasteiger partial charge in [-0.25, -0.2) is 0 Å². The molecule has 0 unspecified atom stereocenters. The lowest BCUT2D eigenvalue weighted by molar-refractivity contribution is 0.893. The molecule has 0 fully saturated rings. The highest BCUT2D eigenvalue weighted by molar-refractivity contribution is 7.73. The molecule has 2 aromatic rings. The van der Waals surface area contributed by atoms with Gasteiger partial charge in [0.25, 0.3) is 0 Å². The first-order valence-electron chi connectivity index (χ1n) is 10.2. The molecule has 0 saturated heterocycles. The number of benzene rings is 2. The smallest absolute Gasteiger partial charge is 0.0192 e. The van der Waals surface area contributed by atoms with Crippen LogP contribution in [0.15, 0.2) is 36.4 Å². The minimum Gasteiger partial charge on any atom is -0.0654 e. The molecule has 0 N–H and O–H groups in total. The number of hydrogen-bond donors (Lipinski definition) is 0. The third-order valence-electron chi connectivity index (χ3n) is 5.26. The maximum atomic E-state index is 2.51. The summed E-state index contributed by atoms with van der Waals surface area (Å²) in [6.07, 6.45) is 8.48. The van der Waals surface area contributed by atoms with Gasteiger partial charge in [0, 0.05) is 0 Å². The lowest BCUT2D eigenvalue weighted by Crippen LogP contribution is -2.17. The largest absolute Gasteiger partial charge is 0.0654 e. The minimum atomic E-state index is -0.235. The van der Waals surface area contributed by atoms with Gasteiger partial charge in [-0.05, 0) is 79.1 Å². The van der Waals surface area contributed by atoms with Gasteiger partial charge in [0.15, 0.2) is 0 Å². The summed E-state index contributed by atoms with van der Waals surface area (Å²) in [4.78, 5) is 0. The highest BCUT2D eigenvalue weighted by Gasteiger charge is 2.16. The molecule has 0 heterocycles. The minimum absolute atomic E-state index is 0.235. The summed E-state index contributed by atoms with van der Waals surface area (Å²) in [5.74, 6) is 0. The van der Waals surface area contributed by atoms with Gasteiger partial charge >= 0.3 is 0 Å². The fourth-order valence-electron chi connectivity index (χ4n) is 3.63. The molecule has 0 spiro atoms. The summed E-state index contributed by atoms with van der Waals surface area (Å²) >= 11 is 0. The average molecular weight is 355 g/mol. The van der Waals surface area contributed by atoms with Crippen LogP contribution in [0.5, 0.6) is 0 Å². The molecule has 0 amide bonds. The van der Waals surface area contributed by atoms with Crippen molar-refractivity contribution in [2.24, 2.45) is 0 Å². The van der Waals surface area contributed by atoms with Crippen LogP contribution in [0.3, 0.4) is 0 Å². The Kier molecular flexibility index (Phi) is 8.17. The van der Waals surface area contributed by atoms with Crippen molar-refractivity contribution in [2.75, 3.05) is 6.16 Å². The van der Waals surface area contributed by atoms with Crippen LogP contribution in [0.4, 0.5) is 0 Å². The van der Waals surface area contributed by atoms with Crippen molar-refractivity contribution in [2.45, 2.75) is 73.1 Å². The van der Waals surface area contributed by atoms with Gasteiger partial charge in [0.1, 0.15) is 0 Å². The topological polar surface area (TPSA) is 0 Å². The number of aryl methyl sites for hydroxylation is 4. The molecule has 0 aromatic heterocycles. The van der Waals surface area contributed by atoms with Crippen molar-refractivity contribution < 1.29 is 0 Å². The summed E-state index contributed by atoms with van der Waals surface area (Å²) in [7, 11) is -0.235. The fourth-order valence-corrected chi connectivity index (χ4v) is 6.21. The molecule has 136 valence electrons. The lowest BCUT2D eigenvalue weighted by Gasteiger charge is -2.22. The molecule has 2 rings (SSSR count). The summed E-state index contributed by atoms with van der Waals surface area (Å²) in [6, 6.07) is 14.6. The van der Waals surface area contributed by atoms with Crippen LogP contribution in [0.25, 0.3) is 0 Å². The van der Waals surface area contributed by atoms with Gasteiger partial charge < -0.3 is 0 Å². The van der Waals surface area contributed by atoms with E-state index in [1.54, 1.807) is 21.7 Å². The monoisotopic (exact) mass is 354 g/mol. The van der Waals surface area contributed by atoms with Crippen molar-refractivity contribution in [3.63, 3.8) is 0 Å². The van der Waals surface area contributed by atoms with Crippen molar-refractivity contribution in [3.05, 3.63) is 58.7 Å². The summed E-state index contributed by atoms with van der Waals surface area (Å²) in [5, 5.41) is 3.15. The van der Waals surface area contributed by atoms with Gasteiger partial charge in [-0.3, -0.25) is 0 Å². The maximum absolute atomic E-state index is 2.51. The average Bonchev–Trinajstić information content (AvgIpc) is 2.67. The van der Waals surface area contributed by atoms with Gasteiger partial charge in [-0.15, -0.1) is 0 Å². The predicted octanol–water partition coefficient (Wildman–Crippen LogP) is 6.17. The second kappa shape index (κ2) is 10.1. The molecule has 2 aromatic carbocycles. The Hall–Kier alpha value is -1.13. The van der Waals surface area contributed by atoms with E-state index < -0.39 is 0 Å². The van der Waals surface area contributed by atoms with Gasteiger partial charge in [-0.1, -0.05) is 77.4 Å². The zero-order valence-corrected chi connectivity index (χ0v) is 17.8. The van der Waals surface area contributed by atoms with E-state index >= 15 is 0 Å². The number of hydrogen-bond acceptors (Lipinski definition) is 0. The van der Waals surface area contributed by atoms with Crippen molar-refractivity contribution in [3.8, 4) is 0 Å². The molecule has 0 nitrogen and oxygen atoms in total. The summed E-state index contributed by atoms with van der Waals surface area (Å²) in [6.45, 7) is 11.4. The van der Waals surface area contributed by atoms with E-state index in [0.717, 1.165) is 25.7 Å². The molecule has 0 bridgehead atoms. The Morgan fingerprint density at radius 1 is 0.600 bits per heavy atom. The summed E-state index contributed by atoms with van der Waals surface area (Å²) < 4.78 is 0. The van der Waals surface area contributed by atoms with Crippen LogP contribution in [0.1, 0.15) is 69.7 Å². The molecule has 25 heavy (non-hydrogen) atoms. The third-order valence-corrected chi connectivity index (χ3v) is 7.83. The highest BCUT2D eigenvalue weighted by Crippen LogP contribution is 2.36. The molecule has 0 saturated carbocycles. The van der Waals surface area contributed by atoms with Crippen LogP contribution >= 0.6 is 7.92 Å². The quantitative estimate of drug-likeness (QED) is 0.472. The Bertz CT molecular complexity index is 616. The first-order valence-corrected chi connectivity index (χ1v) is 11.7. The first-order chi connectivity index (χ1) is 12.2. The molecular weight excluding hydrogens is 319 g/mol. The number of unbranched alkanes of at least 4 members (excludes halogenated alkanes) is 1. The third kappa shape index (κ3) is 4.95. The summed E-state index contributed by atoms with van der Waals surface area (Å²) in [5.41, 5.74) is 6.13.